The third-order valence-electron chi connectivity index (χ3n) is 2.04. The van der Waals surface area contributed by atoms with Crippen LogP contribution >= 0.6 is 0 Å². The van der Waals surface area contributed by atoms with E-state index in [4.69, 9.17) is 4.74 Å². The first kappa shape index (κ1) is 10.2. The summed E-state index contributed by atoms with van der Waals surface area (Å²) < 4.78 is 4.98. The second kappa shape index (κ2) is 4.97. The van der Waals surface area contributed by atoms with Gasteiger partial charge >= 0.3 is 0 Å². The molecule has 0 aromatic rings. The number of rotatable bonds is 4. The molecule has 0 aromatic heterocycles. The lowest BCUT2D eigenvalue weighted by molar-refractivity contribution is -0.142. The summed E-state index contributed by atoms with van der Waals surface area (Å²) in [5.41, 5.74) is 0. The van der Waals surface area contributed by atoms with Crippen molar-refractivity contribution in [1.29, 1.82) is 0 Å². The molecule has 0 bridgehead atoms. The Balaban J connectivity index is 2.19. The Bertz CT molecular complexity index is 203. The van der Waals surface area contributed by atoms with Crippen LogP contribution in [0.5, 0.6) is 0 Å². The number of hydrogen-bond donors (Lipinski definition) is 0. The van der Waals surface area contributed by atoms with Crippen LogP contribution < -0.4 is 0 Å². The second-order valence-electron chi connectivity index (χ2n) is 3.24. The monoisotopic (exact) mass is 185 g/mol. The van der Waals surface area contributed by atoms with Crippen LogP contribution in [0.3, 0.4) is 0 Å². The van der Waals surface area contributed by atoms with Gasteiger partial charge in [0.05, 0.1) is 6.61 Å². The van der Waals surface area contributed by atoms with Crippen molar-refractivity contribution in [2.45, 2.75) is 19.8 Å². The summed E-state index contributed by atoms with van der Waals surface area (Å²) in [7, 11) is 0. The topological polar surface area (TPSA) is 46.6 Å². The molecular formula is C9H15NO3. The average molecular weight is 185 g/mol. The van der Waals surface area contributed by atoms with E-state index in [1.807, 2.05) is 0 Å². The Labute approximate surface area is 77.8 Å². The number of amides is 1. The molecule has 0 aliphatic carbocycles. The molecule has 0 aromatic carbocycles. The van der Waals surface area contributed by atoms with Crippen molar-refractivity contribution in [1.82, 2.24) is 4.90 Å². The largest absolute Gasteiger partial charge is 0.370 e. The van der Waals surface area contributed by atoms with E-state index in [0.29, 0.717) is 26.1 Å². The molecule has 4 heteroatoms. The molecule has 74 valence electrons. The van der Waals surface area contributed by atoms with E-state index < -0.39 is 0 Å². The zero-order valence-electron chi connectivity index (χ0n) is 7.91. The van der Waals surface area contributed by atoms with Crippen molar-refractivity contribution >= 4 is 11.7 Å². The van der Waals surface area contributed by atoms with Crippen LogP contribution in [0, 0.1) is 0 Å². The fourth-order valence-electron chi connectivity index (χ4n) is 1.31. The second-order valence-corrected chi connectivity index (χ2v) is 3.24. The fraction of sp³-hybridized carbons (Fsp3) is 0.778. The number of carbonyl (C=O) groups excluding carboxylic acids is 2. The Kier molecular flexibility index (Phi) is 3.89. The lowest BCUT2D eigenvalue weighted by atomic mass is 10.2. The van der Waals surface area contributed by atoms with Crippen LogP contribution in [0.1, 0.15) is 19.8 Å². The summed E-state index contributed by atoms with van der Waals surface area (Å²) in [6, 6.07) is 0. The number of carbonyl (C=O) groups is 2. The maximum atomic E-state index is 11.2. The van der Waals surface area contributed by atoms with E-state index in [2.05, 4.69) is 0 Å². The number of hydrogen-bond acceptors (Lipinski definition) is 3. The summed E-state index contributed by atoms with van der Waals surface area (Å²) in [4.78, 5) is 23.6. The molecule has 1 rings (SSSR count). The molecule has 1 amide bonds. The number of morpholine rings is 1. The maximum absolute atomic E-state index is 11.2. The van der Waals surface area contributed by atoms with Gasteiger partial charge < -0.3 is 14.4 Å². The van der Waals surface area contributed by atoms with Gasteiger partial charge in [-0.25, -0.2) is 0 Å². The van der Waals surface area contributed by atoms with E-state index in [-0.39, 0.29) is 18.3 Å². The molecule has 1 aliphatic rings. The van der Waals surface area contributed by atoms with Gasteiger partial charge in [-0.1, -0.05) is 0 Å². The number of ether oxygens (including phenoxy) is 1. The summed E-state index contributed by atoms with van der Waals surface area (Å²) >= 11 is 0. The predicted octanol–water partition coefficient (Wildman–Crippen LogP) is 0.214. The van der Waals surface area contributed by atoms with Gasteiger partial charge in [0.2, 0.25) is 5.91 Å². The van der Waals surface area contributed by atoms with Crippen LogP contribution in [-0.2, 0) is 14.3 Å². The van der Waals surface area contributed by atoms with Gasteiger partial charge in [-0.3, -0.25) is 4.79 Å². The van der Waals surface area contributed by atoms with Gasteiger partial charge in [0.25, 0.3) is 0 Å². The fourth-order valence-corrected chi connectivity index (χ4v) is 1.31. The van der Waals surface area contributed by atoms with Gasteiger partial charge in [0.1, 0.15) is 12.4 Å². The van der Waals surface area contributed by atoms with E-state index in [9.17, 15) is 9.59 Å². The van der Waals surface area contributed by atoms with Crippen molar-refractivity contribution in [2.75, 3.05) is 26.3 Å². The molecule has 0 radical (unpaired) electrons. The van der Waals surface area contributed by atoms with Crippen molar-refractivity contribution < 1.29 is 14.3 Å². The average Bonchev–Trinajstić information content (AvgIpc) is 2.08. The SMILES string of the molecule is CC(=O)CCCN1CCOCC1=O. The van der Waals surface area contributed by atoms with Crippen LogP contribution in [0.25, 0.3) is 0 Å². The first-order chi connectivity index (χ1) is 6.20. The third kappa shape index (κ3) is 3.55. The molecule has 0 N–H and O–H groups in total. The maximum Gasteiger partial charge on any atom is 0.248 e. The highest BCUT2D eigenvalue weighted by Gasteiger charge is 2.17. The zero-order chi connectivity index (χ0) is 9.68. The molecule has 1 fully saturated rings. The lowest BCUT2D eigenvalue weighted by Gasteiger charge is -2.26. The van der Waals surface area contributed by atoms with Gasteiger partial charge in [-0.15, -0.1) is 0 Å². The standard InChI is InChI=1S/C9H15NO3/c1-8(11)3-2-4-10-5-6-13-7-9(10)12/h2-7H2,1H3. The molecular weight excluding hydrogens is 170 g/mol. The minimum Gasteiger partial charge on any atom is -0.370 e. The van der Waals surface area contributed by atoms with Crippen LogP contribution in [0.2, 0.25) is 0 Å². The van der Waals surface area contributed by atoms with E-state index in [1.54, 1.807) is 11.8 Å². The van der Waals surface area contributed by atoms with Crippen molar-refractivity contribution in [3.05, 3.63) is 0 Å². The molecule has 1 saturated heterocycles. The zero-order valence-corrected chi connectivity index (χ0v) is 7.91. The van der Waals surface area contributed by atoms with Crippen molar-refractivity contribution in [2.24, 2.45) is 0 Å². The highest BCUT2D eigenvalue weighted by molar-refractivity contribution is 5.78. The molecule has 4 nitrogen and oxygen atoms in total. The summed E-state index contributed by atoms with van der Waals surface area (Å²) in [6.07, 6.45) is 1.33. The van der Waals surface area contributed by atoms with E-state index in [1.165, 1.54) is 0 Å². The molecule has 0 spiro atoms. The summed E-state index contributed by atoms with van der Waals surface area (Å²) in [5, 5.41) is 0. The first-order valence-electron chi connectivity index (χ1n) is 4.55. The molecule has 13 heavy (non-hydrogen) atoms. The van der Waals surface area contributed by atoms with Crippen molar-refractivity contribution in [3.63, 3.8) is 0 Å². The Morgan fingerprint density at radius 2 is 2.38 bits per heavy atom. The minimum atomic E-state index is 0.0369. The lowest BCUT2D eigenvalue weighted by Crippen LogP contribution is -2.42. The third-order valence-corrected chi connectivity index (χ3v) is 2.04. The minimum absolute atomic E-state index is 0.0369. The van der Waals surface area contributed by atoms with Gasteiger partial charge in [-0.05, 0) is 13.3 Å². The Hall–Kier alpha value is -0.900. The molecule has 0 saturated carbocycles. The van der Waals surface area contributed by atoms with Gasteiger partial charge in [0, 0.05) is 19.5 Å². The smallest absolute Gasteiger partial charge is 0.248 e. The summed E-state index contributed by atoms with van der Waals surface area (Å²) in [5.74, 6) is 0.218. The highest BCUT2D eigenvalue weighted by Crippen LogP contribution is 2.01. The number of Topliss-reactive ketones (excluding diaryl/α,β-unsaturated/α-hetero) is 1. The quantitative estimate of drug-likeness (QED) is 0.629. The number of nitrogens with zero attached hydrogens (tertiary/aromatic N) is 1. The summed E-state index contributed by atoms with van der Waals surface area (Å²) in [6.45, 7) is 3.73. The molecule has 1 aliphatic heterocycles. The van der Waals surface area contributed by atoms with Gasteiger partial charge in [-0.2, -0.15) is 0 Å². The number of ketones is 1. The molecule has 0 atom stereocenters. The van der Waals surface area contributed by atoms with Crippen LogP contribution in [-0.4, -0.2) is 42.9 Å². The van der Waals surface area contributed by atoms with E-state index >= 15 is 0 Å². The van der Waals surface area contributed by atoms with E-state index in [0.717, 1.165) is 6.42 Å². The Morgan fingerprint density at radius 3 is 3.00 bits per heavy atom. The van der Waals surface area contributed by atoms with Gasteiger partial charge in [0.15, 0.2) is 0 Å². The van der Waals surface area contributed by atoms with Crippen LogP contribution in [0.4, 0.5) is 0 Å². The highest BCUT2D eigenvalue weighted by atomic mass is 16.5. The Morgan fingerprint density at radius 1 is 1.62 bits per heavy atom. The first-order valence-corrected chi connectivity index (χ1v) is 4.55. The normalized spacial score (nSPS) is 17.6. The van der Waals surface area contributed by atoms with Crippen LogP contribution in [0.15, 0.2) is 0 Å². The predicted molar refractivity (Wildman–Crippen MR) is 47.3 cm³/mol. The van der Waals surface area contributed by atoms with Crippen molar-refractivity contribution in [3.8, 4) is 0 Å². The molecule has 1 heterocycles. The molecule has 0 unspecified atom stereocenters.